The van der Waals surface area contributed by atoms with Crippen LogP contribution in [0.5, 0.6) is 5.88 Å². The minimum absolute atomic E-state index is 0.0862. The van der Waals surface area contributed by atoms with Gasteiger partial charge in [-0.05, 0) is 19.9 Å². The molecule has 0 bridgehead atoms. The first-order valence-corrected chi connectivity index (χ1v) is 4.63. The van der Waals surface area contributed by atoms with E-state index in [4.69, 9.17) is 15.6 Å². The Kier molecular flexibility index (Phi) is 3.85. The van der Waals surface area contributed by atoms with Crippen LogP contribution in [0.1, 0.15) is 25.6 Å². The van der Waals surface area contributed by atoms with Gasteiger partial charge in [0.05, 0.1) is 24.4 Å². The lowest BCUT2D eigenvalue weighted by atomic mass is 10.2. The summed E-state index contributed by atoms with van der Waals surface area (Å²) in [6.45, 7) is 3.75. The number of rotatable bonds is 4. The monoisotopic (exact) mass is 196 g/mol. The van der Waals surface area contributed by atoms with Crippen molar-refractivity contribution < 1.29 is 9.84 Å². The molecule has 0 fully saturated rings. The number of ether oxygens (including phenoxy) is 1. The van der Waals surface area contributed by atoms with Crippen LogP contribution in [0, 0.1) is 0 Å². The van der Waals surface area contributed by atoms with E-state index in [0.717, 1.165) is 0 Å². The maximum atomic E-state index is 8.86. The number of aromatic nitrogens is 1. The second-order valence-corrected chi connectivity index (χ2v) is 3.36. The molecule has 4 nitrogen and oxygen atoms in total. The molecule has 0 amide bonds. The van der Waals surface area contributed by atoms with Crippen molar-refractivity contribution in [2.24, 2.45) is 5.73 Å². The smallest absolute Gasteiger partial charge is 0.213 e. The predicted octanol–water partition coefficient (Wildman–Crippen LogP) is 0.861. The van der Waals surface area contributed by atoms with E-state index in [1.54, 1.807) is 12.1 Å². The first kappa shape index (κ1) is 10.9. The molecule has 1 unspecified atom stereocenters. The highest BCUT2D eigenvalue weighted by atomic mass is 16.5. The molecular weight excluding hydrogens is 180 g/mol. The molecule has 14 heavy (non-hydrogen) atoms. The van der Waals surface area contributed by atoms with Crippen molar-refractivity contribution in [3.63, 3.8) is 0 Å². The Balaban J connectivity index is 2.78. The molecule has 1 heterocycles. The fourth-order valence-electron chi connectivity index (χ4n) is 1.04. The Morgan fingerprint density at radius 2 is 2.21 bits per heavy atom. The third-order valence-corrected chi connectivity index (χ3v) is 1.68. The summed E-state index contributed by atoms with van der Waals surface area (Å²) >= 11 is 0. The topological polar surface area (TPSA) is 68.4 Å². The zero-order valence-corrected chi connectivity index (χ0v) is 8.47. The number of aliphatic hydroxyl groups excluding tert-OH is 1. The lowest BCUT2D eigenvalue weighted by molar-refractivity contribution is 0.229. The lowest BCUT2D eigenvalue weighted by Crippen LogP contribution is -2.16. The summed E-state index contributed by atoms with van der Waals surface area (Å²) in [5, 5.41) is 8.86. The molecule has 0 aliphatic heterocycles. The molecule has 0 spiro atoms. The Morgan fingerprint density at radius 1 is 1.50 bits per heavy atom. The van der Waals surface area contributed by atoms with Gasteiger partial charge in [0, 0.05) is 6.07 Å². The van der Waals surface area contributed by atoms with Crippen molar-refractivity contribution in [3.05, 3.63) is 23.9 Å². The van der Waals surface area contributed by atoms with E-state index >= 15 is 0 Å². The fraction of sp³-hybridized carbons (Fsp3) is 0.500. The van der Waals surface area contributed by atoms with Gasteiger partial charge < -0.3 is 15.6 Å². The number of hydrogen-bond donors (Lipinski definition) is 2. The molecule has 1 aromatic heterocycles. The minimum atomic E-state index is -0.439. The van der Waals surface area contributed by atoms with Crippen molar-refractivity contribution >= 4 is 0 Å². The molecule has 0 radical (unpaired) electrons. The molecule has 4 heteroatoms. The molecule has 1 atom stereocenters. The first-order valence-electron chi connectivity index (χ1n) is 4.63. The summed E-state index contributed by atoms with van der Waals surface area (Å²) in [7, 11) is 0. The van der Waals surface area contributed by atoms with Gasteiger partial charge >= 0.3 is 0 Å². The quantitative estimate of drug-likeness (QED) is 0.749. The highest BCUT2D eigenvalue weighted by Crippen LogP contribution is 2.13. The zero-order chi connectivity index (χ0) is 10.6. The van der Waals surface area contributed by atoms with Crippen molar-refractivity contribution in [1.29, 1.82) is 0 Å². The van der Waals surface area contributed by atoms with Gasteiger partial charge in [0.1, 0.15) is 0 Å². The maximum Gasteiger partial charge on any atom is 0.213 e. The Labute approximate surface area is 83.7 Å². The molecule has 1 aromatic rings. The van der Waals surface area contributed by atoms with E-state index in [1.807, 2.05) is 19.9 Å². The van der Waals surface area contributed by atoms with Crippen LogP contribution >= 0.6 is 0 Å². The van der Waals surface area contributed by atoms with Gasteiger partial charge in [-0.1, -0.05) is 6.07 Å². The number of aliphatic hydroxyl groups is 1. The molecule has 1 rings (SSSR count). The standard InChI is InChI=1S/C10H16N2O2/c1-7(2)14-10-5-3-4-9(12-10)8(11)6-13/h3-5,7-8,13H,6,11H2,1-2H3. The minimum Gasteiger partial charge on any atom is -0.475 e. The van der Waals surface area contributed by atoms with Gasteiger partial charge in [-0.25, -0.2) is 4.98 Å². The van der Waals surface area contributed by atoms with Crippen LogP contribution in [0.2, 0.25) is 0 Å². The second-order valence-electron chi connectivity index (χ2n) is 3.36. The summed E-state index contributed by atoms with van der Waals surface area (Å²) in [6.07, 6.45) is 0.0862. The average Bonchev–Trinajstić information content (AvgIpc) is 2.16. The zero-order valence-electron chi connectivity index (χ0n) is 8.47. The maximum absolute atomic E-state index is 8.86. The van der Waals surface area contributed by atoms with Gasteiger partial charge in [-0.3, -0.25) is 0 Å². The summed E-state index contributed by atoms with van der Waals surface area (Å²) < 4.78 is 5.40. The van der Waals surface area contributed by atoms with Crippen molar-refractivity contribution in [3.8, 4) is 5.88 Å². The number of nitrogens with two attached hydrogens (primary N) is 1. The highest BCUT2D eigenvalue weighted by molar-refractivity contribution is 5.18. The molecule has 78 valence electrons. The van der Waals surface area contributed by atoms with Crippen LogP contribution in [-0.4, -0.2) is 22.8 Å². The van der Waals surface area contributed by atoms with Crippen LogP contribution in [0.25, 0.3) is 0 Å². The Morgan fingerprint density at radius 3 is 2.79 bits per heavy atom. The molecular formula is C10H16N2O2. The number of pyridine rings is 1. The first-order chi connectivity index (χ1) is 6.63. The molecule has 0 saturated heterocycles. The molecule has 0 aliphatic rings. The molecule has 0 saturated carbocycles. The van der Waals surface area contributed by atoms with Gasteiger partial charge in [-0.2, -0.15) is 0 Å². The van der Waals surface area contributed by atoms with E-state index in [0.29, 0.717) is 11.6 Å². The van der Waals surface area contributed by atoms with Gasteiger partial charge in [-0.15, -0.1) is 0 Å². The summed E-state index contributed by atoms with van der Waals surface area (Å²) in [6, 6.07) is 4.92. The van der Waals surface area contributed by atoms with E-state index in [2.05, 4.69) is 4.98 Å². The Bertz CT molecular complexity index is 289. The van der Waals surface area contributed by atoms with Crippen LogP contribution in [0.3, 0.4) is 0 Å². The van der Waals surface area contributed by atoms with Gasteiger partial charge in [0.15, 0.2) is 0 Å². The van der Waals surface area contributed by atoms with E-state index in [9.17, 15) is 0 Å². The van der Waals surface area contributed by atoms with Crippen LogP contribution in [0.15, 0.2) is 18.2 Å². The predicted molar refractivity (Wildman–Crippen MR) is 54.0 cm³/mol. The number of hydrogen-bond acceptors (Lipinski definition) is 4. The molecule has 0 aromatic carbocycles. The summed E-state index contributed by atoms with van der Waals surface area (Å²) in [5.74, 6) is 0.543. The summed E-state index contributed by atoms with van der Waals surface area (Å²) in [5.41, 5.74) is 6.27. The SMILES string of the molecule is CC(C)Oc1cccc(C(N)CO)n1. The summed E-state index contributed by atoms with van der Waals surface area (Å²) in [4.78, 5) is 4.18. The van der Waals surface area contributed by atoms with Crippen molar-refractivity contribution in [2.45, 2.75) is 26.0 Å². The third-order valence-electron chi connectivity index (χ3n) is 1.68. The molecule has 3 N–H and O–H groups in total. The van der Waals surface area contributed by atoms with Crippen LogP contribution in [-0.2, 0) is 0 Å². The van der Waals surface area contributed by atoms with E-state index < -0.39 is 6.04 Å². The number of nitrogens with zero attached hydrogens (tertiary/aromatic N) is 1. The van der Waals surface area contributed by atoms with Gasteiger partial charge in [0.2, 0.25) is 5.88 Å². The largest absolute Gasteiger partial charge is 0.475 e. The van der Waals surface area contributed by atoms with Crippen molar-refractivity contribution in [2.75, 3.05) is 6.61 Å². The normalized spacial score (nSPS) is 12.9. The van der Waals surface area contributed by atoms with E-state index in [-0.39, 0.29) is 12.7 Å². The Hall–Kier alpha value is -1.13. The molecule has 0 aliphatic carbocycles. The average molecular weight is 196 g/mol. The highest BCUT2D eigenvalue weighted by Gasteiger charge is 2.07. The lowest BCUT2D eigenvalue weighted by Gasteiger charge is -2.11. The second kappa shape index (κ2) is 4.93. The van der Waals surface area contributed by atoms with Crippen LogP contribution in [0.4, 0.5) is 0 Å². The third kappa shape index (κ3) is 2.97. The van der Waals surface area contributed by atoms with Crippen molar-refractivity contribution in [1.82, 2.24) is 4.98 Å². The van der Waals surface area contributed by atoms with Gasteiger partial charge in [0.25, 0.3) is 0 Å². The van der Waals surface area contributed by atoms with E-state index in [1.165, 1.54) is 0 Å². The fourth-order valence-corrected chi connectivity index (χ4v) is 1.04. The van der Waals surface area contributed by atoms with Crippen LogP contribution < -0.4 is 10.5 Å².